The molecule has 6 nitrogen and oxygen atoms in total. The van der Waals surface area contributed by atoms with Gasteiger partial charge in [-0.05, 0) is 43.7 Å². The fourth-order valence-electron chi connectivity index (χ4n) is 2.57. The molecule has 1 amide bonds. The molecule has 0 atom stereocenters. The van der Waals surface area contributed by atoms with E-state index < -0.39 is 0 Å². The Labute approximate surface area is 162 Å². The van der Waals surface area contributed by atoms with Crippen LogP contribution in [0.2, 0.25) is 0 Å². The van der Waals surface area contributed by atoms with Crippen molar-refractivity contribution in [3.8, 4) is 11.4 Å². The number of nitrogens with zero attached hydrogens (tertiary/aromatic N) is 4. The zero-order valence-electron chi connectivity index (χ0n) is 15.3. The summed E-state index contributed by atoms with van der Waals surface area (Å²) in [7, 11) is 0. The van der Waals surface area contributed by atoms with E-state index in [1.165, 1.54) is 11.8 Å². The highest BCUT2D eigenvalue weighted by Gasteiger charge is 2.16. The molecule has 138 valence electrons. The van der Waals surface area contributed by atoms with Gasteiger partial charge in [-0.1, -0.05) is 36.0 Å². The fraction of sp³-hybridized carbons (Fsp3) is 0.200. The average molecular weight is 379 g/mol. The van der Waals surface area contributed by atoms with Crippen molar-refractivity contribution in [3.63, 3.8) is 0 Å². The molecular weight excluding hydrogens is 358 g/mol. The molecular formula is C20H21N5OS. The summed E-state index contributed by atoms with van der Waals surface area (Å²) in [6.45, 7) is 8.52. The van der Waals surface area contributed by atoms with Crippen LogP contribution in [0, 0.1) is 6.92 Å². The van der Waals surface area contributed by atoms with E-state index >= 15 is 0 Å². The van der Waals surface area contributed by atoms with Crippen LogP contribution in [0.1, 0.15) is 12.5 Å². The van der Waals surface area contributed by atoms with Crippen LogP contribution in [0.4, 0.5) is 5.69 Å². The lowest BCUT2D eigenvalue weighted by atomic mass is 10.2. The third-order valence-electron chi connectivity index (χ3n) is 3.72. The van der Waals surface area contributed by atoms with Gasteiger partial charge in [0, 0.05) is 30.2 Å². The van der Waals surface area contributed by atoms with E-state index in [2.05, 4.69) is 27.1 Å². The quantitative estimate of drug-likeness (QED) is 0.497. The highest BCUT2D eigenvalue weighted by molar-refractivity contribution is 7.99. The van der Waals surface area contributed by atoms with Crippen LogP contribution >= 0.6 is 11.8 Å². The van der Waals surface area contributed by atoms with E-state index in [4.69, 9.17) is 0 Å². The average Bonchev–Trinajstić information content (AvgIpc) is 3.02. The predicted octanol–water partition coefficient (Wildman–Crippen LogP) is 3.96. The lowest BCUT2D eigenvalue weighted by molar-refractivity contribution is -0.113. The third kappa shape index (κ3) is 5.04. The maximum atomic E-state index is 12.3. The Morgan fingerprint density at radius 3 is 2.70 bits per heavy atom. The first kappa shape index (κ1) is 18.8. The van der Waals surface area contributed by atoms with Crippen molar-refractivity contribution < 1.29 is 4.79 Å². The fourth-order valence-corrected chi connectivity index (χ4v) is 3.31. The molecule has 2 heterocycles. The number of aromatic nitrogens is 4. The van der Waals surface area contributed by atoms with Crippen LogP contribution in [0.15, 0.2) is 66.1 Å². The number of carbonyl (C=O) groups excluding carboxylic acids is 1. The number of amides is 1. The van der Waals surface area contributed by atoms with E-state index in [-0.39, 0.29) is 11.7 Å². The Morgan fingerprint density at radius 2 is 2.00 bits per heavy atom. The second-order valence-electron chi connectivity index (χ2n) is 6.29. The lowest BCUT2D eigenvalue weighted by Crippen LogP contribution is -2.14. The minimum atomic E-state index is -0.0825. The molecule has 1 N–H and O–H groups in total. The highest BCUT2D eigenvalue weighted by atomic mass is 32.2. The van der Waals surface area contributed by atoms with Crippen LogP contribution in [-0.2, 0) is 11.3 Å². The van der Waals surface area contributed by atoms with Gasteiger partial charge in [-0.25, -0.2) is 0 Å². The topological polar surface area (TPSA) is 72.7 Å². The standard InChI is InChI=1S/C20H21N5OS/c1-14(2)12-25-19(16-7-9-21-10-8-16)23-24-20(25)27-13-18(26)22-17-6-4-5-15(3)11-17/h4-11H,1,12-13H2,2-3H3,(H,22,26). The van der Waals surface area contributed by atoms with Crippen molar-refractivity contribution in [1.82, 2.24) is 19.7 Å². The molecule has 27 heavy (non-hydrogen) atoms. The van der Waals surface area contributed by atoms with E-state index in [0.29, 0.717) is 11.7 Å². The minimum Gasteiger partial charge on any atom is -0.325 e. The van der Waals surface area contributed by atoms with Crippen LogP contribution in [0.3, 0.4) is 0 Å². The van der Waals surface area contributed by atoms with Gasteiger partial charge in [0.15, 0.2) is 11.0 Å². The number of hydrogen-bond acceptors (Lipinski definition) is 5. The van der Waals surface area contributed by atoms with E-state index in [0.717, 1.165) is 28.2 Å². The van der Waals surface area contributed by atoms with Gasteiger partial charge in [-0.3, -0.25) is 14.3 Å². The van der Waals surface area contributed by atoms with E-state index in [9.17, 15) is 4.79 Å². The molecule has 2 aromatic heterocycles. The van der Waals surface area contributed by atoms with E-state index in [1.807, 2.05) is 54.8 Å². The maximum Gasteiger partial charge on any atom is 0.234 e. The lowest BCUT2D eigenvalue weighted by Gasteiger charge is -2.10. The number of rotatable bonds is 7. The zero-order chi connectivity index (χ0) is 19.2. The highest BCUT2D eigenvalue weighted by Crippen LogP contribution is 2.24. The molecule has 0 radical (unpaired) electrons. The van der Waals surface area contributed by atoms with Gasteiger partial charge >= 0.3 is 0 Å². The van der Waals surface area contributed by atoms with Crippen molar-refractivity contribution in [2.75, 3.05) is 11.1 Å². The Morgan fingerprint density at radius 1 is 1.22 bits per heavy atom. The zero-order valence-corrected chi connectivity index (χ0v) is 16.2. The predicted molar refractivity (Wildman–Crippen MR) is 109 cm³/mol. The summed E-state index contributed by atoms with van der Waals surface area (Å²) in [5.41, 5.74) is 3.80. The maximum absolute atomic E-state index is 12.3. The third-order valence-corrected chi connectivity index (χ3v) is 4.68. The molecule has 3 aromatic rings. The van der Waals surface area contributed by atoms with Crippen LogP contribution in [0.25, 0.3) is 11.4 Å². The monoisotopic (exact) mass is 379 g/mol. The number of aryl methyl sites for hydroxylation is 1. The van der Waals surface area contributed by atoms with Gasteiger partial charge in [-0.15, -0.1) is 10.2 Å². The second-order valence-corrected chi connectivity index (χ2v) is 7.23. The molecule has 3 rings (SSSR count). The molecule has 0 saturated heterocycles. The normalized spacial score (nSPS) is 10.6. The number of nitrogens with one attached hydrogen (secondary N) is 1. The van der Waals surface area contributed by atoms with Gasteiger partial charge in [-0.2, -0.15) is 0 Å². The largest absolute Gasteiger partial charge is 0.325 e. The number of anilines is 1. The van der Waals surface area contributed by atoms with Crippen molar-refractivity contribution in [3.05, 3.63) is 66.5 Å². The van der Waals surface area contributed by atoms with Crippen molar-refractivity contribution in [2.24, 2.45) is 0 Å². The number of carbonyl (C=O) groups is 1. The van der Waals surface area contributed by atoms with Crippen molar-refractivity contribution in [1.29, 1.82) is 0 Å². The summed E-state index contributed by atoms with van der Waals surface area (Å²) in [5.74, 6) is 0.904. The summed E-state index contributed by atoms with van der Waals surface area (Å²) in [5, 5.41) is 12.2. The Balaban J connectivity index is 1.73. The molecule has 0 spiro atoms. The van der Waals surface area contributed by atoms with Crippen LogP contribution in [-0.4, -0.2) is 31.4 Å². The second kappa shape index (κ2) is 8.64. The summed E-state index contributed by atoms with van der Waals surface area (Å²) in [6, 6.07) is 11.5. The van der Waals surface area contributed by atoms with Crippen molar-refractivity contribution >= 4 is 23.4 Å². The molecule has 0 fully saturated rings. The van der Waals surface area contributed by atoms with Crippen LogP contribution in [0.5, 0.6) is 0 Å². The summed E-state index contributed by atoms with van der Waals surface area (Å²) in [4.78, 5) is 16.3. The van der Waals surface area contributed by atoms with Gasteiger partial charge in [0.2, 0.25) is 5.91 Å². The first-order valence-electron chi connectivity index (χ1n) is 8.50. The number of benzene rings is 1. The van der Waals surface area contributed by atoms with Crippen molar-refractivity contribution in [2.45, 2.75) is 25.5 Å². The van der Waals surface area contributed by atoms with Gasteiger partial charge < -0.3 is 5.32 Å². The Kier molecular flexibility index (Phi) is 6.03. The molecule has 1 aromatic carbocycles. The number of pyridine rings is 1. The Hall–Kier alpha value is -2.93. The molecule has 7 heteroatoms. The molecule has 0 aliphatic carbocycles. The first-order valence-corrected chi connectivity index (χ1v) is 9.49. The van der Waals surface area contributed by atoms with Crippen LogP contribution < -0.4 is 5.32 Å². The molecule has 0 bridgehead atoms. The summed E-state index contributed by atoms with van der Waals surface area (Å²) < 4.78 is 1.97. The van der Waals surface area contributed by atoms with Gasteiger partial charge in [0.25, 0.3) is 0 Å². The van der Waals surface area contributed by atoms with E-state index in [1.54, 1.807) is 12.4 Å². The Bertz CT molecular complexity index is 952. The molecule has 0 saturated carbocycles. The molecule has 0 aliphatic heterocycles. The number of allylic oxidation sites excluding steroid dienone is 1. The van der Waals surface area contributed by atoms with Gasteiger partial charge in [0.1, 0.15) is 0 Å². The SMILES string of the molecule is C=C(C)Cn1c(SCC(=O)Nc2cccc(C)c2)nnc1-c1ccncc1. The molecule has 0 aliphatic rings. The smallest absolute Gasteiger partial charge is 0.234 e. The first-order chi connectivity index (χ1) is 13.0. The summed E-state index contributed by atoms with van der Waals surface area (Å²) >= 11 is 1.36. The minimum absolute atomic E-state index is 0.0825. The number of hydrogen-bond donors (Lipinski definition) is 1. The molecule has 0 unspecified atom stereocenters. The van der Waals surface area contributed by atoms with Gasteiger partial charge in [0.05, 0.1) is 5.75 Å². The number of thioether (sulfide) groups is 1. The summed E-state index contributed by atoms with van der Waals surface area (Å²) in [6.07, 6.45) is 3.44.